The summed E-state index contributed by atoms with van der Waals surface area (Å²) in [6.45, 7) is 1.29. The second-order valence-corrected chi connectivity index (χ2v) is 8.57. The number of imidazole rings is 1. The maximum absolute atomic E-state index is 13.1. The van der Waals surface area contributed by atoms with Gasteiger partial charge in [-0.1, -0.05) is 0 Å². The number of amides is 1. The lowest BCUT2D eigenvalue weighted by molar-refractivity contribution is -0.143. The number of ether oxygens (including phenoxy) is 2. The Balaban J connectivity index is 1.42. The van der Waals surface area contributed by atoms with Crippen molar-refractivity contribution in [3.63, 3.8) is 0 Å². The van der Waals surface area contributed by atoms with E-state index in [1.54, 1.807) is 18.6 Å². The van der Waals surface area contributed by atoms with Crippen LogP contribution in [0.1, 0.15) is 15.9 Å². The first-order valence-corrected chi connectivity index (χ1v) is 11.7. The summed E-state index contributed by atoms with van der Waals surface area (Å²) in [7, 11) is 3.11. The van der Waals surface area contributed by atoms with Crippen molar-refractivity contribution >= 4 is 40.1 Å². The summed E-state index contributed by atoms with van der Waals surface area (Å²) >= 11 is 0. The number of aromatic nitrogens is 5. The highest BCUT2D eigenvalue weighted by Gasteiger charge is 2.24. The number of benzene rings is 2. The van der Waals surface area contributed by atoms with Crippen LogP contribution in [0, 0.1) is 6.92 Å². The Morgan fingerprint density at radius 3 is 2.74 bits per heavy atom. The number of hydrogen-bond donors (Lipinski definition) is 3. The number of fused-ring (bicyclic) bond motifs is 2. The number of aliphatic hydroxyl groups excluding tert-OH is 1. The number of esters is 1. The van der Waals surface area contributed by atoms with E-state index in [0.29, 0.717) is 28.7 Å². The van der Waals surface area contributed by atoms with E-state index < -0.39 is 24.5 Å². The van der Waals surface area contributed by atoms with Gasteiger partial charge in [0.05, 0.1) is 37.3 Å². The van der Waals surface area contributed by atoms with Crippen LogP contribution < -0.4 is 15.4 Å². The Labute approximate surface area is 216 Å². The molecule has 0 radical (unpaired) electrons. The van der Waals surface area contributed by atoms with Crippen LogP contribution in [0.15, 0.2) is 61.2 Å². The molecule has 0 saturated heterocycles. The summed E-state index contributed by atoms with van der Waals surface area (Å²) < 4.78 is 14.2. The molecule has 12 nitrogen and oxygen atoms in total. The number of aliphatic hydroxyl groups is 1. The van der Waals surface area contributed by atoms with Crippen LogP contribution >= 0.6 is 0 Å². The molecule has 0 aliphatic rings. The fraction of sp³-hybridized carbons (Fsp3) is 0.192. The molecule has 194 valence electrons. The van der Waals surface area contributed by atoms with E-state index in [9.17, 15) is 14.7 Å². The Morgan fingerprint density at radius 1 is 1.13 bits per heavy atom. The molecule has 2 aromatic carbocycles. The Morgan fingerprint density at radius 2 is 1.97 bits per heavy atom. The number of nitrogens with zero attached hydrogens (tertiary/aromatic N) is 5. The predicted molar refractivity (Wildman–Crippen MR) is 139 cm³/mol. The Kier molecular flexibility index (Phi) is 6.62. The molecule has 0 aliphatic carbocycles. The van der Waals surface area contributed by atoms with Crippen molar-refractivity contribution in [1.82, 2.24) is 29.5 Å². The first-order chi connectivity index (χ1) is 18.4. The van der Waals surface area contributed by atoms with Crippen LogP contribution in [-0.4, -0.2) is 60.9 Å². The molecule has 0 aliphatic heterocycles. The average molecular weight is 516 g/mol. The third kappa shape index (κ3) is 4.72. The molecule has 38 heavy (non-hydrogen) atoms. The normalized spacial score (nSPS) is 11.9. The van der Waals surface area contributed by atoms with Gasteiger partial charge in [-0.25, -0.2) is 14.8 Å². The van der Waals surface area contributed by atoms with Crippen LogP contribution in [0.5, 0.6) is 11.5 Å². The smallest absolute Gasteiger partial charge is 0.330 e. The van der Waals surface area contributed by atoms with Gasteiger partial charge in [0.2, 0.25) is 0 Å². The molecular formula is C26H25N7O5. The lowest BCUT2D eigenvalue weighted by Gasteiger charge is -2.17. The van der Waals surface area contributed by atoms with Crippen molar-refractivity contribution in [2.45, 2.75) is 13.0 Å². The second kappa shape index (κ2) is 10.2. The summed E-state index contributed by atoms with van der Waals surface area (Å²) in [5.41, 5.74) is 3.98. The number of hydrogen-bond acceptors (Lipinski definition) is 9. The van der Waals surface area contributed by atoms with Crippen LogP contribution in [0.25, 0.3) is 16.7 Å². The quantitative estimate of drug-likeness (QED) is 0.266. The molecule has 1 atom stereocenters. The van der Waals surface area contributed by atoms with Crippen molar-refractivity contribution in [2.75, 3.05) is 19.0 Å². The molecule has 3 heterocycles. The summed E-state index contributed by atoms with van der Waals surface area (Å²) in [5, 5.41) is 19.5. The topological polar surface area (TPSA) is 145 Å². The van der Waals surface area contributed by atoms with Gasteiger partial charge in [0.25, 0.3) is 5.91 Å². The average Bonchev–Trinajstić information content (AvgIpc) is 3.55. The zero-order chi connectivity index (χ0) is 26.8. The first kappa shape index (κ1) is 24.7. The number of methoxy groups -OCH3 is 1. The molecule has 0 fully saturated rings. The van der Waals surface area contributed by atoms with E-state index in [4.69, 9.17) is 4.74 Å². The Hall–Kier alpha value is -4.97. The fourth-order valence-electron chi connectivity index (χ4n) is 4.00. The van der Waals surface area contributed by atoms with E-state index in [1.165, 1.54) is 17.8 Å². The van der Waals surface area contributed by atoms with E-state index in [2.05, 4.69) is 30.4 Å². The van der Waals surface area contributed by atoms with Gasteiger partial charge in [-0.3, -0.25) is 4.79 Å². The highest BCUT2D eigenvalue weighted by molar-refractivity contribution is 6.01. The number of carbonyl (C=O) groups excluding carboxylic acids is 2. The van der Waals surface area contributed by atoms with Gasteiger partial charge >= 0.3 is 5.97 Å². The van der Waals surface area contributed by atoms with Gasteiger partial charge in [0.15, 0.2) is 11.7 Å². The number of nitrogens with one attached hydrogen (secondary N) is 2. The molecule has 1 amide bonds. The minimum Gasteiger partial charge on any atom is -0.467 e. The monoisotopic (exact) mass is 515 g/mol. The maximum atomic E-state index is 13.1. The molecule has 3 aromatic heterocycles. The summed E-state index contributed by atoms with van der Waals surface area (Å²) in [4.78, 5) is 33.5. The third-order valence-electron chi connectivity index (χ3n) is 6.00. The molecule has 5 aromatic rings. The summed E-state index contributed by atoms with van der Waals surface area (Å²) in [5.74, 6) is 0.245. The van der Waals surface area contributed by atoms with Gasteiger partial charge < -0.3 is 29.8 Å². The van der Waals surface area contributed by atoms with Crippen LogP contribution in [-0.2, 0) is 16.6 Å². The second-order valence-electron chi connectivity index (χ2n) is 8.57. The fourth-order valence-corrected chi connectivity index (χ4v) is 4.00. The van der Waals surface area contributed by atoms with Gasteiger partial charge in [0, 0.05) is 31.1 Å². The minimum absolute atomic E-state index is 0.116. The third-order valence-corrected chi connectivity index (χ3v) is 6.00. The molecule has 0 unspecified atom stereocenters. The minimum atomic E-state index is -1.22. The van der Waals surface area contributed by atoms with Crippen molar-refractivity contribution in [3.8, 4) is 11.5 Å². The highest BCUT2D eigenvalue weighted by Crippen LogP contribution is 2.31. The highest BCUT2D eigenvalue weighted by atomic mass is 16.5. The molecule has 0 bridgehead atoms. The van der Waals surface area contributed by atoms with E-state index >= 15 is 0 Å². The number of rotatable bonds is 8. The van der Waals surface area contributed by atoms with Crippen LogP contribution in [0.3, 0.4) is 0 Å². The van der Waals surface area contributed by atoms with Crippen molar-refractivity contribution in [2.24, 2.45) is 7.05 Å². The Bertz CT molecular complexity index is 1660. The van der Waals surface area contributed by atoms with Gasteiger partial charge in [-0.2, -0.15) is 9.61 Å². The van der Waals surface area contributed by atoms with Gasteiger partial charge in [-0.05, 0) is 42.8 Å². The van der Waals surface area contributed by atoms with Gasteiger partial charge in [-0.15, -0.1) is 0 Å². The van der Waals surface area contributed by atoms with Crippen molar-refractivity contribution in [3.05, 3.63) is 72.3 Å². The van der Waals surface area contributed by atoms with Crippen molar-refractivity contribution < 1.29 is 24.2 Å². The molecule has 0 saturated carbocycles. The number of aryl methyl sites for hydroxylation is 2. The van der Waals surface area contributed by atoms with Crippen LogP contribution in [0.4, 0.5) is 11.5 Å². The molecule has 5 rings (SSSR count). The molecule has 0 spiro atoms. The predicted octanol–water partition coefficient (Wildman–Crippen LogP) is 2.72. The number of anilines is 2. The lowest BCUT2D eigenvalue weighted by atomic mass is 10.2. The first-order valence-electron chi connectivity index (χ1n) is 11.7. The summed E-state index contributed by atoms with van der Waals surface area (Å²) in [6.07, 6.45) is 4.68. The zero-order valence-corrected chi connectivity index (χ0v) is 20.9. The van der Waals surface area contributed by atoms with Gasteiger partial charge in [0.1, 0.15) is 22.9 Å². The van der Waals surface area contributed by atoms with E-state index in [-0.39, 0.29) is 5.56 Å². The van der Waals surface area contributed by atoms with E-state index in [0.717, 1.165) is 16.6 Å². The molecular weight excluding hydrogens is 490 g/mol. The molecule has 3 N–H and O–H groups in total. The lowest BCUT2D eigenvalue weighted by Crippen LogP contribution is -2.44. The number of carbonyl (C=O) groups is 2. The summed E-state index contributed by atoms with van der Waals surface area (Å²) in [6, 6.07) is 11.7. The maximum Gasteiger partial charge on any atom is 0.330 e. The van der Waals surface area contributed by atoms with E-state index in [1.807, 2.05) is 54.9 Å². The SMILES string of the molecule is COC(=O)[C@H](CO)NC(=O)c1cnc2ccnn2c1Nc1ccc(Oc2ccc3c(c2)ncn3C)c(C)c1. The van der Waals surface area contributed by atoms with Crippen molar-refractivity contribution in [1.29, 1.82) is 0 Å². The molecule has 12 heteroatoms. The standard InChI is InChI=1S/C26H25N7O5/c1-15-10-16(4-7-22(15)38-17-5-6-21-19(11-17)28-14-32(21)2)30-24-18(12-27-23-8-9-29-33(23)24)25(35)31-20(13-34)26(36)37-3/h4-12,14,20,30,34H,13H2,1-3H3,(H,31,35)/t20-/m0/s1. The zero-order valence-electron chi connectivity index (χ0n) is 20.9. The van der Waals surface area contributed by atoms with Crippen LogP contribution in [0.2, 0.25) is 0 Å². The largest absolute Gasteiger partial charge is 0.467 e.